The summed E-state index contributed by atoms with van der Waals surface area (Å²) in [6.07, 6.45) is 8.38. The average molecular weight is 250 g/mol. The fourth-order valence-electron chi connectivity index (χ4n) is 1.97. The predicted octanol–water partition coefficient (Wildman–Crippen LogP) is 3.71. The third-order valence-electron chi connectivity index (χ3n) is 2.91. The van der Waals surface area contributed by atoms with E-state index in [4.69, 9.17) is 4.74 Å². The van der Waals surface area contributed by atoms with E-state index in [1.807, 2.05) is 6.20 Å². The van der Waals surface area contributed by atoms with Crippen LogP contribution in [0.25, 0.3) is 0 Å². The van der Waals surface area contributed by atoms with Crippen molar-refractivity contribution in [1.82, 2.24) is 10.3 Å². The number of hydrogen-bond acceptors (Lipinski definition) is 3. The van der Waals surface area contributed by atoms with Crippen LogP contribution in [0.1, 0.15) is 58.1 Å². The maximum absolute atomic E-state index is 5.64. The van der Waals surface area contributed by atoms with Gasteiger partial charge < -0.3 is 10.1 Å². The summed E-state index contributed by atoms with van der Waals surface area (Å²) in [6.45, 7) is 8.21. The molecule has 0 aliphatic rings. The Hall–Kier alpha value is -1.09. The molecule has 102 valence electrons. The number of aromatic nitrogens is 1. The minimum atomic E-state index is 0.396. The van der Waals surface area contributed by atoms with Gasteiger partial charge in [-0.2, -0.15) is 0 Å². The largest absolute Gasteiger partial charge is 0.492 e. The molecule has 1 N–H and O–H groups in total. The van der Waals surface area contributed by atoms with E-state index in [0.717, 1.165) is 31.7 Å². The van der Waals surface area contributed by atoms with E-state index in [-0.39, 0.29) is 0 Å². The van der Waals surface area contributed by atoms with Crippen molar-refractivity contribution in [3.63, 3.8) is 0 Å². The van der Waals surface area contributed by atoms with E-state index < -0.39 is 0 Å². The van der Waals surface area contributed by atoms with Crippen molar-refractivity contribution in [2.45, 2.75) is 52.5 Å². The first-order valence-electron chi connectivity index (χ1n) is 7.12. The zero-order chi connectivity index (χ0) is 13.2. The van der Waals surface area contributed by atoms with E-state index in [1.54, 1.807) is 6.20 Å². The van der Waals surface area contributed by atoms with Crippen molar-refractivity contribution < 1.29 is 4.74 Å². The van der Waals surface area contributed by atoms with E-state index >= 15 is 0 Å². The van der Waals surface area contributed by atoms with Gasteiger partial charge in [0.05, 0.1) is 12.8 Å². The van der Waals surface area contributed by atoms with Crippen molar-refractivity contribution in [2.75, 3.05) is 13.2 Å². The van der Waals surface area contributed by atoms with Crippen molar-refractivity contribution in [2.24, 2.45) is 0 Å². The molecule has 0 fully saturated rings. The van der Waals surface area contributed by atoms with Crippen LogP contribution in [0.2, 0.25) is 0 Å². The highest BCUT2D eigenvalue weighted by atomic mass is 16.5. The summed E-state index contributed by atoms with van der Waals surface area (Å²) in [6, 6.07) is 2.51. The molecule has 0 saturated carbocycles. The predicted molar refractivity (Wildman–Crippen MR) is 76.0 cm³/mol. The molecule has 0 bridgehead atoms. The number of unbranched alkanes of at least 4 members (excludes halogenated alkanes) is 1. The highest BCUT2D eigenvalue weighted by Gasteiger charge is 2.10. The van der Waals surface area contributed by atoms with Crippen LogP contribution in [0.3, 0.4) is 0 Å². The molecule has 1 aromatic rings. The zero-order valence-corrected chi connectivity index (χ0v) is 11.9. The first kappa shape index (κ1) is 15.0. The Labute approximate surface area is 111 Å². The Morgan fingerprint density at radius 2 is 2.06 bits per heavy atom. The third kappa shape index (κ3) is 5.05. The van der Waals surface area contributed by atoms with Gasteiger partial charge in [0, 0.05) is 12.2 Å². The van der Waals surface area contributed by atoms with Crippen LogP contribution in [0.4, 0.5) is 0 Å². The SMILES string of the molecule is CCCCC(NCC)c1cncc(OCCC)c1. The Kier molecular flexibility index (Phi) is 7.42. The molecule has 1 heterocycles. The molecule has 0 aliphatic carbocycles. The Morgan fingerprint density at radius 1 is 1.22 bits per heavy atom. The molecular formula is C15H26N2O. The third-order valence-corrected chi connectivity index (χ3v) is 2.91. The normalized spacial score (nSPS) is 12.4. The molecule has 0 aromatic carbocycles. The van der Waals surface area contributed by atoms with Crippen molar-refractivity contribution >= 4 is 0 Å². The van der Waals surface area contributed by atoms with Gasteiger partial charge in [0.2, 0.25) is 0 Å². The standard InChI is InChI=1S/C15H26N2O/c1-4-7-8-15(17-6-3)13-10-14(12-16-11-13)18-9-5-2/h10-12,15,17H,4-9H2,1-3H3. The van der Waals surface area contributed by atoms with Crippen molar-refractivity contribution in [3.8, 4) is 5.75 Å². The van der Waals surface area contributed by atoms with Crippen LogP contribution in [0.15, 0.2) is 18.5 Å². The molecule has 0 spiro atoms. The minimum Gasteiger partial charge on any atom is -0.492 e. The number of ether oxygens (including phenoxy) is 1. The Morgan fingerprint density at radius 3 is 2.72 bits per heavy atom. The fraction of sp³-hybridized carbons (Fsp3) is 0.667. The Balaban J connectivity index is 2.70. The van der Waals surface area contributed by atoms with E-state index in [9.17, 15) is 0 Å². The lowest BCUT2D eigenvalue weighted by Gasteiger charge is -2.18. The van der Waals surface area contributed by atoms with Crippen LogP contribution in [-0.4, -0.2) is 18.1 Å². The molecule has 0 radical (unpaired) electrons. The van der Waals surface area contributed by atoms with Crippen LogP contribution < -0.4 is 10.1 Å². The van der Waals surface area contributed by atoms with Gasteiger partial charge >= 0.3 is 0 Å². The topological polar surface area (TPSA) is 34.2 Å². The smallest absolute Gasteiger partial charge is 0.137 e. The summed E-state index contributed by atoms with van der Waals surface area (Å²) in [5.41, 5.74) is 1.24. The summed E-state index contributed by atoms with van der Waals surface area (Å²) in [5.74, 6) is 0.883. The molecule has 0 amide bonds. The number of nitrogens with zero attached hydrogens (tertiary/aromatic N) is 1. The van der Waals surface area contributed by atoms with Gasteiger partial charge in [0.15, 0.2) is 0 Å². The first-order chi connectivity index (χ1) is 8.81. The van der Waals surface area contributed by atoms with Crippen LogP contribution in [0.5, 0.6) is 5.75 Å². The molecule has 1 unspecified atom stereocenters. The molecule has 3 nitrogen and oxygen atoms in total. The highest BCUT2D eigenvalue weighted by molar-refractivity contribution is 5.26. The summed E-state index contributed by atoms with van der Waals surface area (Å²) in [7, 11) is 0. The molecule has 1 aromatic heterocycles. The van der Waals surface area contributed by atoms with Gasteiger partial charge in [0.1, 0.15) is 5.75 Å². The fourth-order valence-corrected chi connectivity index (χ4v) is 1.97. The van der Waals surface area contributed by atoms with E-state index in [0.29, 0.717) is 6.04 Å². The molecule has 0 saturated heterocycles. The Bertz CT molecular complexity index is 328. The molecule has 0 aliphatic heterocycles. The van der Waals surface area contributed by atoms with Crippen LogP contribution in [0, 0.1) is 0 Å². The molecule has 1 rings (SSSR count). The van der Waals surface area contributed by atoms with Gasteiger partial charge in [-0.15, -0.1) is 0 Å². The molecule has 3 heteroatoms. The summed E-state index contributed by atoms with van der Waals surface area (Å²) in [4.78, 5) is 4.28. The monoisotopic (exact) mass is 250 g/mol. The first-order valence-corrected chi connectivity index (χ1v) is 7.12. The van der Waals surface area contributed by atoms with Gasteiger partial charge in [-0.1, -0.05) is 33.6 Å². The van der Waals surface area contributed by atoms with E-state index in [1.165, 1.54) is 18.4 Å². The van der Waals surface area contributed by atoms with Gasteiger partial charge in [-0.3, -0.25) is 4.98 Å². The lowest BCUT2D eigenvalue weighted by molar-refractivity contribution is 0.315. The number of pyridine rings is 1. The van der Waals surface area contributed by atoms with Crippen LogP contribution in [-0.2, 0) is 0 Å². The van der Waals surface area contributed by atoms with Gasteiger partial charge in [0.25, 0.3) is 0 Å². The zero-order valence-electron chi connectivity index (χ0n) is 11.9. The van der Waals surface area contributed by atoms with Gasteiger partial charge in [-0.25, -0.2) is 0 Å². The second-order valence-electron chi connectivity index (χ2n) is 4.55. The minimum absolute atomic E-state index is 0.396. The number of rotatable bonds is 9. The van der Waals surface area contributed by atoms with Gasteiger partial charge in [-0.05, 0) is 31.0 Å². The maximum Gasteiger partial charge on any atom is 0.137 e. The summed E-state index contributed by atoms with van der Waals surface area (Å²) in [5, 5.41) is 3.52. The summed E-state index contributed by atoms with van der Waals surface area (Å²) < 4.78 is 5.64. The second-order valence-corrected chi connectivity index (χ2v) is 4.55. The molecule has 18 heavy (non-hydrogen) atoms. The molecular weight excluding hydrogens is 224 g/mol. The number of hydrogen-bond donors (Lipinski definition) is 1. The van der Waals surface area contributed by atoms with E-state index in [2.05, 4.69) is 37.1 Å². The second kappa shape index (κ2) is 8.92. The maximum atomic E-state index is 5.64. The highest BCUT2D eigenvalue weighted by Crippen LogP contribution is 2.22. The lowest BCUT2D eigenvalue weighted by Crippen LogP contribution is -2.21. The van der Waals surface area contributed by atoms with Crippen LogP contribution >= 0.6 is 0 Å². The average Bonchev–Trinajstić information content (AvgIpc) is 2.41. The number of nitrogens with one attached hydrogen (secondary N) is 1. The quantitative estimate of drug-likeness (QED) is 0.725. The summed E-state index contributed by atoms with van der Waals surface area (Å²) >= 11 is 0. The van der Waals surface area contributed by atoms with Crippen molar-refractivity contribution in [1.29, 1.82) is 0 Å². The molecule has 1 atom stereocenters. The van der Waals surface area contributed by atoms with Crippen molar-refractivity contribution in [3.05, 3.63) is 24.0 Å². The lowest BCUT2D eigenvalue weighted by atomic mass is 10.0.